The summed E-state index contributed by atoms with van der Waals surface area (Å²) in [7, 11) is 0. The van der Waals surface area contributed by atoms with E-state index in [9.17, 15) is 0 Å². The second-order valence-corrected chi connectivity index (χ2v) is 8.52. The molecule has 4 nitrogen and oxygen atoms in total. The maximum atomic E-state index is 6.23. The Balaban J connectivity index is 1.59. The molecule has 0 aliphatic rings. The Labute approximate surface area is 187 Å². The molecule has 0 radical (unpaired) electrons. The standard InChI is InChI=1S/C29H16N2O2/c1-2-6-18-12-25-21(11-17(18)5-1)22-15-28-23(20-7-3-4-8-27(20)33-28)14-26(22)31(25)19-9-10-24-29(13-19)32-16-30-24/h1-16H. The van der Waals surface area contributed by atoms with E-state index in [1.165, 1.54) is 27.9 Å². The van der Waals surface area contributed by atoms with Crippen molar-refractivity contribution in [3.63, 3.8) is 0 Å². The van der Waals surface area contributed by atoms with E-state index >= 15 is 0 Å². The van der Waals surface area contributed by atoms with Crippen LogP contribution >= 0.6 is 0 Å². The van der Waals surface area contributed by atoms with Gasteiger partial charge in [0, 0.05) is 27.6 Å². The Morgan fingerprint density at radius 3 is 2.30 bits per heavy atom. The normalized spacial score (nSPS) is 12.2. The van der Waals surface area contributed by atoms with Crippen LogP contribution in [0.25, 0.3) is 71.3 Å². The van der Waals surface area contributed by atoms with Gasteiger partial charge in [-0.25, -0.2) is 4.98 Å². The summed E-state index contributed by atoms with van der Waals surface area (Å²) in [6.45, 7) is 0. The summed E-state index contributed by atoms with van der Waals surface area (Å²) >= 11 is 0. The number of hydrogen-bond donors (Lipinski definition) is 0. The number of para-hydroxylation sites is 1. The minimum Gasteiger partial charge on any atom is -0.456 e. The predicted octanol–water partition coefficient (Wildman–Crippen LogP) is 7.98. The largest absolute Gasteiger partial charge is 0.456 e. The first-order valence-electron chi connectivity index (χ1n) is 11.0. The first kappa shape index (κ1) is 17.0. The Kier molecular flexibility index (Phi) is 3.11. The molecule has 154 valence electrons. The molecule has 0 aliphatic carbocycles. The molecule has 8 rings (SSSR count). The molecule has 0 amide bonds. The van der Waals surface area contributed by atoms with Gasteiger partial charge in [-0.05, 0) is 53.2 Å². The van der Waals surface area contributed by atoms with Gasteiger partial charge in [-0.2, -0.15) is 0 Å². The summed E-state index contributed by atoms with van der Waals surface area (Å²) in [4.78, 5) is 4.29. The van der Waals surface area contributed by atoms with E-state index in [1.807, 2.05) is 18.2 Å². The molecule has 0 fully saturated rings. The van der Waals surface area contributed by atoms with E-state index < -0.39 is 0 Å². The molecule has 0 saturated carbocycles. The molecule has 8 aromatic rings. The van der Waals surface area contributed by atoms with Crippen LogP contribution in [0.3, 0.4) is 0 Å². The monoisotopic (exact) mass is 424 g/mol. The average Bonchev–Trinajstić information content (AvgIpc) is 3.54. The van der Waals surface area contributed by atoms with Crippen molar-refractivity contribution < 1.29 is 8.83 Å². The van der Waals surface area contributed by atoms with Gasteiger partial charge in [0.15, 0.2) is 12.0 Å². The summed E-state index contributed by atoms with van der Waals surface area (Å²) < 4.78 is 14.2. The summed E-state index contributed by atoms with van der Waals surface area (Å²) in [5.41, 5.74) is 6.77. The zero-order chi connectivity index (χ0) is 21.5. The third-order valence-electron chi connectivity index (χ3n) is 6.70. The number of aromatic nitrogens is 2. The molecule has 5 aromatic carbocycles. The number of furan rings is 1. The summed E-state index contributed by atoms with van der Waals surface area (Å²) in [6.07, 6.45) is 1.50. The minimum atomic E-state index is 0.776. The lowest BCUT2D eigenvalue weighted by Gasteiger charge is -2.08. The van der Waals surface area contributed by atoms with E-state index in [1.54, 1.807) is 0 Å². The molecular weight excluding hydrogens is 408 g/mol. The van der Waals surface area contributed by atoms with Crippen LogP contribution in [-0.4, -0.2) is 9.55 Å². The SMILES string of the molecule is c1ccc2cc3c(cc2c1)c1cc2oc4ccccc4c2cc1n3-c1ccc2ncoc2c1. The number of hydrogen-bond acceptors (Lipinski definition) is 3. The average molecular weight is 424 g/mol. The summed E-state index contributed by atoms with van der Waals surface area (Å²) in [5.74, 6) is 0. The van der Waals surface area contributed by atoms with Gasteiger partial charge in [0.1, 0.15) is 16.7 Å². The van der Waals surface area contributed by atoms with Gasteiger partial charge < -0.3 is 13.4 Å². The molecule has 0 aliphatic heterocycles. The number of nitrogens with zero attached hydrogens (tertiary/aromatic N) is 2. The first-order chi connectivity index (χ1) is 16.3. The Bertz CT molecular complexity index is 2040. The molecule has 0 atom stereocenters. The molecule has 0 N–H and O–H groups in total. The third kappa shape index (κ3) is 2.27. The lowest BCUT2D eigenvalue weighted by atomic mass is 10.1. The molecule has 3 aromatic heterocycles. The molecule has 33 heavy (non-hydrogen) atoms. The summed E-state index contributed by atoms with van der Waals surface area (Å²) in [6, 6.07) is 31.9. The maximum Gasteiger partial charge on any atom is 0.181 e. The lowest BCUT2D eigenvalue weighted by Crippen LogP contribution is -1.93. The van der Waals surface area contributed by atoms with Gasteiger partial charge in [-0.15, -0.1) is 0 Å². The highest BCUT2D eigenvalue weighted by atomic mass is 16.3. The van der Waals surface area contributed by atoms with Crippen molar-refractivity contribution in [2.75, 3.05) is 0 Å². The second kappa shape index (κ2) is 6.02. The van der Waals surface area contributed by atoms with Crippen LogP contribution in [0.15, 0.2) is 106 Å². The van der Waals surface area contributed by atoms with Gasteiger partial charge in [0.2, 0.25) is 0 Å². The fourth-order valence-corrected chi connectivity index (χ4v) is 5.18. The Hall–Kier alpha value is -4.57. The number of benzene rings is 5. The van der Waals surface area contributed by atoms with E-state index in [4.69, 9.17) is 8.83 Å². The van der Waals surface area contributed by atoms with E-state index in [0.717, 1.165) is 49.8 Å². The predicted molar refractivity (Wildman–Crippen MR) is 133 cm³/mol. The van der Waals surface area contributed by atoms with E-state index in [0.29, 0.717) is 0 Å². The molecule has 0 bridgehead atoms. The van der Waals surface area contributed by atoms with Crippen molar-refractivity contribution >= 4 is 65.6 Å². The second-order valence-electron chi connectivity index (χ2n) is 8.52. The lowest BCUT2D eigenvalue weighted by molar-refractivity contribution is 0.602. The molecular formula is C29H16N2O2. The van der Waals surface area contributed by atoms with Crippen LogP contribution in [0.4, 0.5) is 0 Å². The van der Waals surface area contributed by atoms with Crippen LogP contribution in [-0.2, 0) is 0 Å². The fourth-order valence-electron chi connectivity index (χ4n) is 5.18. The number of fused-ring (bicyclic) bond motifs is 8. The summed E-state index contributed by atoms with van der Waals surface area (Å²) in [5, 5.41) is 7.04. The van der Waals surface area contributed by atoms with Crippen molar-refractivity contribution in [1.29, 1.82) is 0 Å². The number of rotatable bonds is 1. The maximum absolute atomic E-state index is 6.23. The van der Waals surface area contributed by atoms with Crippen LogP contribution in [0.5, 0.6) is 0 Å². The zero-order valence-electron chi connectivity index (χ0n) is 17.4. The number of oxazole rings is 1. The molecule has 0 unspecified atom stereocenters. The van der Waals surface area contributed by atoms with Crippen molar-refractivity contribution in [2.24, 2.45) is 0 Å². The van der Waals surface area contributed by atoms with E-state index in [2.05, 4.69) is 82.3 Å². The highest BCUT2D eigenvalue weighted by molar-refractivity contribution is 6.19. The topological polar surface area (TPSA) is 44.1 Å². The van der Waals surface area contributed by atoms with Crippen LogP contribution in [0.2, 0.25) is 0 Å². The van der Waals surface area contributed by atoms with Gasteiger partial charge in [0.25, 0.3) is 0 Å². The molecule has 0 spiro atoms. The van der Waals surface area contributed by atoms with Crippen LogP contribution in [0, 0.1) is 0 Å². The smallest absolute Gasteiger partial charge is 0.181 e. The minimum absolute atomic E-state index is 0.776. The Morgan fingerprint density at radius 2 is 1.36 bits per heavy atom. The van der Waals surface area contributed by atoms with Gasteiger partial charge in [-0.1, -0.05) is 42.5 Å². The van der Waals surface area contributed by atoms with Gasteiger partial charge >= 0.3 is 0 Å². The quantitative estimate of drug-likeness (QED) is 0.268. The highest BCUT2D eigenvalue weighted by Gasteiger charge is 2.17. The van der Waals surface area contributed by atoms with Crippen molar-refractivity contribution in [3.05, 3.63) is 97.4 Å². The van der Waals surface area contributed by atoms with Gasteiger partial charge in [0.05, 0.1) is 16.7 Å². The molecule has 3 heterocycles. The van der Waals surface area contributed by atoms with E-state index in [-0.39, 0.29) is 0 Å². The first-order valence-corrected chi connectivity index (χ1v) is 11.0. The Morgan fingerprint density at radius 1 is 0.576 bits per heavy atom. The van der Waals surface area contributed by atoms with Crippen molar-refractivity contribution in [2.45, 2.75) is 0 Å². The fraction of sp³-hybridized carbons (Fsp3) is 0. The van der Waals surface area contributed by atoms with Crippen LogP contribution in [0.1, 0.15) is 0 Å². The zero-order valence-corrected chi connectivity index (χ0v) is 17.4. The molecule has 0 saturated heterocycles. The van der Waals surface area contributed by atoms with Gasteiger partial charge in [-0.3, -0.25) is 0 Å². The highest BCUT2D eigenvalue weighted by Crippen LogP contribution is 2.39. The third-order valence-corrected chi connectivity index (χ3v) is 6.70. The van der Waals surface area contributed by atoms with Crippen molar-refractivity contribution in [1.82, 2.24) is 9.55 Å². The molecule has 4 heteroatoms. The van der Waals surface area contributed by atoms with Crippen molar-refractivity contribution in [3.8, 4) is 5.69 Å². The van der Waals surface area contributed by atoms with Crippen LogP contribution < -0.4 is 0 Å².